The zero-order valence-electron chi connectivity index (χ0n) is 10.7. The first-order valence-electron chi connectivity index (χ1n) is 6.04. The van der Waals surface area contributed by atoms with Crippen LogP contribution in [0.3, 0.4) is 0 Å². The Hall–Kier alpha value is -0.220. The molecule has 6 heteroatoms. The van der Waals surface area contributed by atoms with Crippen LogP contribution in [-0.4, -0.2) is 39.7 Å². The van der Waals surface area contributed by atoms with Gasteiger partial charge < -0.3 is 20.1 Å². The molecule has 1 aliphatic heterocycles. The lowest BCUT2D eigenvalue weighted by Crippen LogP contribution is -2.45. The largest absolute Gasteiger partial charge is 0.388 e. The second-order valence-corrected chi connectivity index (χ2v) is 6.16. The minimum absolute atomic E-state index is 0.519. The number of hydrogen-bond donors (Lipinski definition) is 3. The van der Waals surface area contributed by atoms with Crippen LogP contribution in [0.25, 0.3) is 0 Å². The molecule has 0 radical (unpaired) electrons. The fourth-order valence-corrected chi connectivity index (χ4v) is 2.73. The number of halogens is 1. The summed E-state index contributed by atoms with van der Waals surface area (Å²) in [6, 6.07) is 5.08. The van der Waals surface area contributed by atoms with Gasteiger partial charge in [-0.15, -0.1) is 9.24 Å². The van der Waals surface area contributed by atoms with E-state index in [0.717, 1.165) is 5.30 Å². The maximum absolute atomic E-state index is 10.7. The fraction of sp³-hybridized carbons (Fsp3) is 0.538. The smallest absolute Gasteiger partial charge is 0.119 e. The molecule has 106 valence electrons. The van der Waals surface area contributed by atoms with Crippen molar-refractivity contribution in [2.45, 2.75) is 43.9 Å². The van der Waals surface area contributed by atoms with E-state index >= 15 is 0 Å². The van der Waals surface area contributed by atoms with Gasteiger partial charge in [-0.3, -0.25) is 0 Å². The molecule has 0 aliphatic carbocycles. The van der Waals surface area contributed by atoms with E-state index in [2.05, 4.69) is 9.24 Å². The highest BCUT2D eigenvalue weighted by atomic mass is 35.5. The van der Waals surface area contributed by atoms with E-state index in [1.165, 1.54) is 0 Å². The molecule has 2 rings (SSSR count). The second kappa shape index (κ2) is 5.28. The van der Waals surface area contributed by atoms with Crippen LogP contribution in [0.1, 0.15) is 19.4 Å². The zero-order chi connectivity index (χ0) is 14.4. The van der Waals surface area contributed by atoms with Crippen LogP contribution >= 0.6 is 20.8 Å². The summed E-state index contributed by atoms with van der Waals surface area (Å²) in [5.41, 5.74) is -0.839. The Morgan fingerprint density at radius 1 is 1.32 bits per heavy atom. The fourth-order valence-electron chi connectivity index (χ4n) is 2.34. The van der Waals surface area contributed by atoms with Gasteiger partial charge >= 0.3 is 0 Å². The summed E-state index contributed by atoms with van der Waals surface area (Å²) in [6.07, 6.45) is -3.54. The molecule has 1 aliphatic rings. The van der Waals surface area contributed by atoms with Gasteiger partial charge in [0.1, 0.15) is 23.9 Å². The Kier molecular flexibility index (Phi) is 4.22. The molecule has 6 atom stereocenters. The van der Waals surface area contributed by atoms with Gasteiger partial charge in [0, 0.05) is 5.02 Å². The molecule has 1 aromatic rings. The van der Waals surface area contributed by atoms with E-state index in [4.69, 9.17) is 16.3 Å². The molecule has 1 aromatic carbocycles. The summed E-state index contributed by atoms with van der Waals surface area (Å²) in [5, 5.41) is 31.7. The standard InChI is InChI=1S/C13H18ClO4P/c1-6-10(15)11(16)12(18-6)13(2,17)7-3-4-8(14)9(19)5-7/h3-6,10-12,15-17H,19H2,1-2H3. The SMILES string of the molecule is CC1OC(C(C)(O)c2ccc(Cl)c(P)c2)C(O)C1O. The summed E-state index contributed by atoms with van der Waals surface area (Å²) >= 11 is 5.94. The minimum Gasteiger partial charge on any atom is -0.388 e. The van der Waals surface area contributed by atoms with Gasteiger partial charge in [-0.25, -0.2) is 0 Å². The van der Waals surface area contributed by atoms with Gasteiger partial charge in [0.05, 0.1) is 6.10 Å². The molecule has 1 fully saturated rings. The Balaban J connectivity index is 2.34. The third-order valence-electron chi connectivity index (χ3n) is 3.64. The van der Waals surface area contributed by atoms with E-state index in [9.17, 15) is 15.3 Å². The van der Waals surface area contributed by atoms with Crippen molar-refractivity contribution in [3.63, 3.8) is 0 Å². The molecule has 0 amide bonds. The molecular formula is C13H18ClO4P. The van der Waals surface area contributed by atoms with Gasteiger partial charge in [0.25, 0.3) is 0 Å². The van der Waals surface area contributed by atoms with Crippen molar-refractivity contribution in [1.82, 2.24) is 0 Å². The predicted molar refractivity (Wildman–Crippen MR) is 76.7 cm³/mol. The van der Waals surface area contributed by atoms with Crippen LogP contribution in [0.4, 0.5) is 0 Å². The van der Waals surface area contributed by atoms with Crippen LogP contribution in [0.15, 0.2) is 18.2 Å². The van der Waals surface area contributed by atoms with Crippen molar-refractivity contribution in [2.75, 3.05) is 0 Å². The number of hydrogen-bond acceptors (Lipinski definition) is 4. The molecule has 19 heavy (non-hydrogen) atoms. The van der Waals surface area contributed by atoms with Crippen LogP contribution in [0.2, 0.25) is 5.02 Å². The summed E-state index contributed by atoms with van der Waals surface area (Å²) in [6.45, 7) is 3.21. The molecule has 0 saturated carbocycles. The van der Waals surface area contributed by atoms with Crippen LogP contribution in [0, 0.1) is 0 Å². The second-order valence-electron chi connectivity index (χ2n) is 5.13. The third kappa shape index (κ3) is 2.66. The van der Waals surface area contributed by atoms with Crippen molar-refractivity contribution >= 4 is 26.1 Å². The predicted octanol–water partition coefficient (Wildman–Crippen LogP) is 0.557. The highest BCUT2D eigenvalue weighted by Crippen LogP contribution is 2.35. The molecule has 1 heterocycles. The van der Waals surface area contributed by atoms with Gasteiger partial charge in [0.2, 0.25) is 0 Å². The summed E-state index contributed by atoms with van der Waals surface area (Å²) in [7, 11) is 2.48. The lowest BCUT2D eigenvalue weighted by Gasteiger charge is -2.32. The Morgan fingerprint density at radius 3 is 2.42 bits per heavy atom. The first-order chi connectivity index (χ1) is 8.75. The number of aliphatic hydroxyl groups excluding tert-OH is 2. The number of rotatable bonds is 2. The number of ether oxygens (including phenoxy) is 1. The van der Waals surface area contributed by atoms with Crippen molar-refractivity contribution in [3.05, 3.63) is 28.8 Å². The Morgan fingerprint density at radius 2 is 1.95 bits per heavy atom. The van der Waals surface area contributed by atoms with E-state index in [-0.39, 0.29) is 0 Å². The lowest BCUT2D eigenvalue weighted by atomic mass is 9.86. The summed E-state index contributed by atoms with van der Waals surface area (Å²) in [4.78, 5) is 0. The molecule has 0 spiro atoms. The van der Waals surface area contributed by atoms with E-state index < -0.39 is 30.0 Å². The molecule has 6 unspecified atom stereocenters. The monoisotopic (exact) mass is 304 g/mol. The van der Waals surface area contributed by atoms with E-state index in [0.29, 0.717) is 10.6 Å². The van der Waals surface area contributed by atoms with Crippen LogP contribution in [-0.2, 0) is 10.3 Å². The summed E-state index contributed by atoms with van der Waals surface area (Å²) < 4.78 is 5.49. The molecule has 3 N–H and O–H groups in total. The van der Waals surface area contributed by atoms with E-state index in [1.54, 1.807) is 32.0 Å². The molecule has 4 nitrogen and oxygen atoms in total. The highest BCUT2D eigenvalue weighted by Gasteiger charge is 2.49. The van der Waals surface area contributed by atoms with Gasteiger partial charge in [-0.05, 0) is 36.8 Å². The first kappa shape index (κ1) is 15.2. The topological polar surface area (TPSA) is 69.9 Å². The van der Waals surface area contributed by atoms with Crippen molar-refractivity contribution in [3.8, 4) is 0 Å². The van der Waals surface area contributed by atoms with Gasteiger partial charge in [-0.2, -0.15) is 0 Å². The van der Waals surface area contributed by atoms with Gasteiger partial charge in [0.15, 0.2) is 0 Å². The molecular weight excluding hydrogens is 287 g/mol. The maximum atomic E-state index is 10.7. The van der Waals surface area contributed by atoms with Crippen LogP contribution < -0.4 is 5.30 Å². The number of aliphatic hydroxyl groups is 3. The van der Waals surface area contributed by atoms with E-state index in [1.807, 2.05) is 0 Å². The quantitative estimate of drug-likeness (QED) is 0.698. The van der Waals surface area contributed by atoms with Crippen molar-refractivity contribution < 1.29 is 20.1 Å². The van der Waals surface area contributed by atoms with Crippen molar-refractivity contribution in [2.24, 2.45) is 0 Å². The third-order valence-corrected chi connectivity index (χ3v) is 4.64. The zero-order valence-corrected chi connectivity index (χ0v) is 12.7. The highest BCUT2D eigenvalue weighted by molar-refractivity contribution is 7.28. The van der Waals surface area contributed by atoms with Gasteiger partial charge in [-0.1, -0.05) is 17.7 Å². The average Bonchev–Trinajstić information content (AvgIpc) is 2.61. The summed E-state index contributed by atoms with van der Waals surface area (Å²) in [5.74, 6) is 0. The molecule has 0 aromatic heterocycles. The van der Waals surface area contributed by atoms with Crippen molar-refractivity contribution in [1.29, 1.82) is 0 Å². The Bertz CT molecular complexity index is 480. The lowest BCUT2D eigenvalue weighted by molar-refractivity contribution is -0.122. The van der Waals surface area contributed by atoms with Crippen LogP contribution in [0.5, 0.6) is 0 Å². The molecule has 1 saturated heterocycles. The Labute approximate surface area is 119 Å². The number of benzene rings is 1. The average molecular weight is 305 g/mol. The first-order valence-corrected chi connectivity index (χ1v) is 7.00. The normalized spacial score (nSPS) is 34.3. The minimum atomic E-state index is -1.42. The maximum Gasteiger partial charge on any atom is 0.119 e. The molecule has 0 bridgehead atoms.